The second kappa shape index (κ2) is 13.2. The Kier molecular flexibility index (Phi) is 6.92. The lowest BCUT2D eigenvalue weighted by molar-refractivity contribution is 1.20. The number of fused-ring (bicyclic) bond motifs is 18. The zero-order valence-corrected chi connectivity index (χ0v) is 37.7. The Balaban J connectivity index is 1.14. The molecule has 0 saturated carbocycles. The Morgan fingerprint density at radius 2 is 0.500 bits per heavy atom. The molecule has 322 valence electrons. The molecule has 0 radical (unpaired) electrons. The Morgan fingerprint density at radius 1 is 0.200 bits per heavy atom. The van der Waals surface area contributed by atoms with Crippen LogP contribution in [0.4, 0.5) is 0 Å². The number of hydrogen-bond acceptors (Lipinski definition) is 0. The molecule has 17 rings (SSSR count). The number of aromatic nitrogens is 4. The van der Waals surface area contributed by atoms with Crippen LogP contribution in [0.3, 0.4) is 0 Å². The van der Waals surface area contributed by atoms with E-state index in [0.29, 0.717) is 0 Å². The number of nitrogens with zero attached hydrogens (tertiary/aromatic N) is 4. The molecule has 0 unspecified atom stereocenters. The van der Waals surface area contributed by atoms with Crippen LogP contribution in [0.15, 0.2) is 231 Å². The van der Waals surface area contributed by atoms with Gasteiger partial charge < -0.3 is 17.9 Å². The van der Waals surface area contributed by atoms with Crippen LogP contribution >= 0.6 is 0 Å². The Hall–Kier alpha value is -9.38. The van der Waals surface area contributed by atoms with Crippen molar-refractivity contribution >= 4 is 120 Å². The van der Waals surface area contributed by atoms with Crippen molar-refractivity contribution in [2.24, 2.45) is 0 Å². The van der Waals surface area contributed by atoms with Crippen molar-refractivity contribution in [1.29, 1.82) is 0 Å². The molecule has 0 saturated heterocycles. The molecule has 6 heterocycles. The first-order valence-electron chi connectivity index (χ1n) is 24.3. The molecule has 6 aromatic heterocycles. The average Bonchev–Trinajstić information content (AvgIpc) is 4.28. The molecule has 0 atom stereocenters. The summed E-state index contributed by atoms with van der Waals surface area (Å²) in [7, 11) is 0. The van der Waals surface area contributed by atoms with E-state index in [9.17, 15) is 0 Å². The summed E-state index contributed by atoms with van der Waals surface area (Å²) in [5.74, 6) is 0. The lowest BCUT2D eigenvalue weighted by atomic mass is 9.89. The third-order valence-corrected chi connectivity index (χ3v) is 15.8. The van der Waals surface area contributed by atoms with Crippen LogP contribution in [0.1, 0.15) is 0 Å². The first kappa shape index (κ1) is 36.7. The van der Waals surface area contributed by atoms with E-state index in [4.69, 9.17) is 0 Å². The van der Waals surface area contributed by atoms with Crippen LogP contribution in [0.5, 0.6) is 0 Å². The maximum Gasteiger partial charge on any atom is 0.0642 e. The molecular formula is C66H38N4. The lowest BCUT2D eigenvalue weighted by Gasteiger charge is -2.16. The van der Waals surface area contributed by atoms with Crippen LogP contribution < -0.4 is 0 Å². The van der Waals surface area contributed by atoms with E-state index in [-0.39, 0.29) is 0 Å². The second-order valence-electron chi connectivity index (χ2n) is 19.1. The summed E-state index contributed by atoms with van der Waals surface area (Å²) in [6.07, 6.45) is 0. The normalized spacial score (nSPS) is 12.6. The van der Waals surface area contributed by atoms with Crippen molar-refractivity contribution in [1.82, 2.24) is 17.9 Å². The predicted molar refractivity (Wildman–Crippen MR) is 295 cm³/mol. The van der Waals surface area contributed by atoms with E-state index in [1.807, 2.05) is 0 Å². The van der Waals surface area contributed by atoms with E-state index >= 15 is 0 Å². The fourth-order valence-corrected chi connectivity index (χ4v) is 13.2. The van der Waals surface area contributed by atoms with Gasteiger partial charge in [0.05, 0.1) is 66.5 Å². The number of rotatable bonds is 4. The minimum absolute atomic E-state index is 1.19. The second-order valence-corrected chi connectivity index (χ2v) is 19.1. The fraction of sp³-hybridized carbons (Fsp3) is 0. The Morgan fingerprint density at radius 3 is 0.857 bits per heavy atom. The summed E-state index contributed by atoms with van der Waals surface area (Å²) in [4.78, 5) is 0. The van der Waals surface area contributed by atoms with Crippen LogP contribution in [-0.4, -0.2) is 17.9 Å². The van der Waals surface area contributed by atoms with E-state index in [1.165, 1.54) is 153 Å². The van der Waals surface area contributed by atoms with Gasteiger partial charge in [0.2, 0.25) is 0 Å². The molecule has 0 bridgehead atoms. The van der Waals surface area contributed by atoms with E-state index in [0.717, 1.165) is 0 Å². The lowest BCUT2D eigenvalue weighted by Crippen LogP contribution is -1.95. The van der Waals surface area contributed by atoms with Gasteiger partial charge in [0.1, 0.15) is 0 Å². The smallest absolute Gasteiger partial charge is 0.0642 e. The van der Waals surface area contributed by atoms with Gasteiger partial charge in [-0.1, -0.05) is 182 Å². The largest absolute Gasteiger partial charge is 0.309 e. The van der Waals surface area contributed by atoms with Crippen molar-refractivity contribution in [3.63, 3.8) is 0 Å². The van der Waals surface area contributed by atoms with Gasteiger partial charge >= 0.3 is 0 Å². The zero-order valence-electron chi connectivity index (χ0n) is 37.7. The van der Waals surface area contributed by atoms with Crippen molar-refractivity contribution in [3.05, 3.63) is 231 Å². The summed E-state index contributed by atoms with van der Waals surface area (Å²) in [6.45, 7) is 0. The van der Waals surface area contributed by atoms with Crippen LogP contribution in [-0.2, 0) is 0 Å². The minimum atomic E-state index is 1.19. The van der Waals surface area contributed by atoms with Crippen molar-refractivity contribution in [2.45, 2.75) is 0 Å². The van der Waals surface area contributed by atoms with Gasteiger partial charge in [0, 0.05) is 75.8 Å². The van der Waals surface area contributed by atoms with Crippen molar-refractivity contribution in [2.75, 3.05) is 0 Å². The zero-order chi connectivity index (χ0) is 45.3. The molecule has 0 spiro atoms. The number of para-hydroxylation sites is 6. The maximum absolute atomic E-state index is 2.64. The molecule has 0 aliphatic rings. The quantitative estimate of drug-likeness (QED) is 0.168. The van der Waals surface area contributed by atoms with Crippen LogP contribution in [0.25, 0.3) is 153 Å². The summed E-state index contributed by atoms with van der Waals surface area (Å²) in [5.41, 5.74) is 19.5. The van der Waals surface area contributed by atoms with Gasteiger partial charge in [-0.2, -0.15) is 0 Å². The Bertz CT molecular complexity index is 4620. The van der Waals surface area contributed by atoms with Gasteiger partial charge in [0.15, 0.2) is 0 Å². The third kappa shape index (κ3) is 4.39. The first-order valence-corrected chi connectivity index (χ1v) is 24.3. The van der Waals surface area contributed by atoms with Gasteiger partial charge in [-0.15, -0.1) is 0 Å². The van der Waals surface area contributed by atoms with E-state index in [1.54, 1.807) is 0 Å². The summed E-state index contributed by atoms with van der Waals surface area (Å²) < 4.78 is 10.3. The highest BCUT2D eigenvalue weighted by Gasteiger charge is 2.32. The van der Waals surface area contributed by atoms with Crippen molar-refractivity contribution in [3.8, 4) is 33.6 Å². The molecule has 0 N–H and O–H groups in total. The topological polar surface area (TPSA) is 18.7 Å². The molecule has 17 aromatic rings. The predicted octanol–water partition coefficient (Wildman–Crippen LogP) is 17.5. The molecule has 0 aliphatic carbocycles. The maximum atomic E-state index is 2.64. The van der Waals surface area contributed by atoms with Crippen molar-refractivity contribution < 1.29 is 0 Å². The highest BCUT2D eigenvalue weighted by atomic mass is 15.0. The van der Waals surface area contributed by atoms with Gasteiger partial charge in [-0.3, -0.25) is 0 Å². The monoisotopic (exact) mass is 886 g/mol. The highest BCUT2D eigenvalue weighted by molar-refractivity contribution is 6.39. The standard InChI is InChI=1S/C66H38N4/c1-3-19-39(20-4-1)57-61-47-35-37-55(67-49-29-13-7-23-41(49)42-24-8-14-30-50(42)67)59-46-28-12-18-34-54(46)70(63(47)59)66(61)58(40-21-5-2-6-22-40)62-48-36-38-56(60-45-27-11-17-33-53(45)69(64(48)60)65(57)62)68-51-31-15-9-25-43(51)44-26-10-16-32-52(44)68/h1-38H. The van der Waals surface area contributed by atoms with Gasteiger partial charge in [-0.05, 0) is 59.7 Å². The van der Waals surface area contributed by atoms with Crippen LogP contribution in [0.2, 0.25) is 0 Å². The van der Waals surface area contributed by atoms with Crippen LogP contribution in [0, 0.1) is 0 Å². The summed E-state index contributed by atoms with van der Waals surface area (Å²) in [6, 6.07) is 85.8. The molecule has 0 fully saturated rings. The molecule has 4 nitrogen and oxygen atoms in total. The van der Waals surface area contributed by atoms with Gasteiger partial charge in [-0.25, -0.2) is 0 Å². The number of hydrogen-bond donors (Lipinski definition) is 0. The van der Waals surface area contributed by atoms with Gasteiger partial charge in [0.25, 0.3) is 0 Å². The molecule has 0 amide bonds. The molecule has 11 aromatic carbocycles. The average molecular weight is 887 g/mol. The summed E-state index contributed by atoms with van der Waals surface area (Å²) in [5, 5.41) is 15.1. The summed E-state index contributed by atoms with van der Waals surface area (Å²) >= 11 is 0. The minimum Gasteiger partial charge on any atom is -0.309 e. The third-order valence-electron chi connectivity index (χ3n) is 15.8. The SMILES string of the molecule is c1ccc(-c2c3c4ccc(-n5c6ccccc6c6ccccc65)c5c6ccccc6n(c3c(-c3ccccc3)c3c6ccc(-n7c8ccccc8c8ccccc87)c7c8ccccc8n(c23)c67)c45)cc1. The molecule has 0 aliphatic heterocycles. The Labute approximate surface area is 400 Å². The van der Waals surface area contributed by atoms with E-state index in [2.05, 4.69) is 248 Å². The fourth-order valence-electron chi connectivity index (χ4n) is 13.2. The molecule has 4 heteroatoms. The highest BCUT2D eigenvalue weighted by Crippen LogP contribution is 2.55. The number of benzene rings is 11. The first-order chi connectivity index (χ1) is 34.8. The molecular weight excluding hydrogens is 849 g/mol. The van der Waals surface area contributed by atoms with E-state index < -0.39 is 0 Å². The molecule has 70 heavy (non-hydrogen) atoms.